The zero-order chi connectivity index (χ0) is 17.8. The van der Waals surface area contributed by atoms with Crippen molar-refractivity contribution in [2.24, 2.45) is 13.0 Å². The molecule has 2 fully saturated rings. The van der Waals surface area contributed by atoms with Crippen molar-refractivity contribution in [1.82, 2.24) is 24.6 Å². The van der Waals surface area contributed by atoms with Crippen molar-refractivity contribution < 1.29 is 4.74 Å². The van der Waals surface area contributed by atoms with E-state index in [1.54, 1.807) is 0 Å². The van der Waals surface area contributed by atoms with E-state index >= 15 is 0 Å². The van der Waals surface area contributed by atoms with Gasteiger partial charge in [-0.3, -0.25) is 9.80 Å². The molecule has 2 aliphatic rings. The third kappa shape index (κ3) is 4.80. The molecule has 1 aromatic rings. The number of likely N-dealkylation sites (tertiary alicyclic amines) is 1. The van der Waals surface area contributed by atoms with Gasteiger partial charge in [0.15, 0.2) is 0 Å². The summed E-state index contributed by atoms with van der Waals surface area (Å²) in [4.78, 5) is 4.98. The average Bonchev–Trinajstić information content (AvgIpc) is 3.19. The first-order valence-corrected chi connectivity index (χ1v) is 9.93. The van der Waals surface area contributed by atoms with Crippen LogP contribution < -0.4 is 0 Å². The van der Waals surface area contributed by atoms with E-state index in [1.165, 1.54) is 38.6 Å². The zero-order valence-electron chi connectivity index (χ0n) is 16.4. The van der Waals surface area contributed by atoms with E-state index in [9.17, 15) is 0 Å². The minimum Gasteiger partial charge on any atom is -0.377 e. The molecule has 0 radical (unpaired) electrons. The molecule has 6 nitrogen and oxygen atoms in total. The van der Waals surface area contributed by atoms with Gasteiger partial charge in [-0.15, -0.1) is 10.2 Å². The second-order valence-corrected chi connectivity index (χ2v) is 8.05. The average molecular weight is 350 g/mol. The van der Waals surface area contributed by atoms with Crippen LogP contribution in [-0.2, 0) is 18.3 Å². The van der Waals surface area contributed by atoms with Gasteiger partial charge in [-0.2, -0.15) is 0 Å². The molecule has 1 aliphatic carbocycles. The van der Waals surface area contributed by atoms with Crippen molar-refractivity contribution in [2.45, 2.75) is 64.6 Å². The van der Waals surface area contributed by atoms with Gasteiger partial charge in [-0.1, -0.05) is 19.8 Å². The molecular weight excluding hydrogens is 314 g/mol. The molecule has 3 rings (SSSR count). The van der Waals surface area contributed by atoms with Gasteiger partial charge >= 0.3 is 0 Å². The molecule has 6 heteroatoms. The van der Waals surface area contributed by atoms with Crippen molar-refractivity contribution >= 4 is 0 Å². The van der Waals surface area contributed by atoms with E-state index in [2.05, 4.69) is 38.5 Å². The topological polar surface area (TPSA) is 46.4 Å². The monoisotopic (exact) mass is 349 g/mol. The van der Waals surface area contributed by atoms with Crippen LogP contribution in [0.2, 0.25) is 0 Å². The van der Waals surface area contributed by atoms with Crippen LogP contribution >= 0.6 is 0 Å². The fraction of sp³-hybridized carbons (Fsp3) is 0.895. The van der Waals surface area contributed by atoms with E-state index in [-0.39, 0.29) is 0 Å². The van der Waals surface area contributed by atoms with E-state index in [4.69, 9.17) is 4.74 Å². The first kappa shape index (κ1) is 18.8. The summed E-state index contributed by atoms with van der Waals surface area (Å²) >= 11 is 0. The molecule has 1 saturated carbocycles. The Labute approximate surface area is 152 Å². The Morgan fingerprint density at radius 1 is 1.20 bits per heavy atom. The van der Waals surface area contributed by atoms with Gasteiger partial charge < -0.3 is 9.30 Å². The molecule has 0 amide bonds. The van der Waals surface area contributed by atoms with Crippen LogP contribution in [0.3, 0.4) is 0 Å². The fourth-order valence-electron chi connectivity index (χ4n) is 4.18. The zero-order valence-corrected chi connectivity index (χ0v) is 16.4. The minimum absolute atomic E-state index is 0.494. The number of nitrogens with zero attached hydrogens (tertiary/aromatic N) is 5. The molecule has 0 spiro atoms. The summed E-state index contributed by atoms with van der Waals surface area (Å²) in [5.41, 5.74) is 0. The van der Waals surface area contributed by atoms with E-state index in [1.807, 2.05) is 14.0 Å². The summed E-state index contributed by atoms with van der Waals surface area (Å²) in [5, 5.41) is 8.45. The first-order chi connectivity index (χ1) is 12.0. The minimum atomic E-state index is 0.494. The normalized spacial score (nSPS) is 28.1. The predicted molar refractivity (Wildman–Crippen MR) is 99.4 cm³/mol. The highest BCUT2D eigenvalue weighted by Gasteiger charge is 2.27. The maximum absolute atomic E-state index is 6.19. The number of ether oxygens (including phenoxy) is 1. The van der Waals surface area contributed by atoms with Crippen LogP contribution in [0.15, 0.2) is 0 Å². The van der Waals surface area contributed by atoms with Crippen molar-refractivity contribution in [2.75, 3.05) is 33.3 Å². The van der Waals surface area contributed by atoms with Crippen LogP contribution in [0.1, 0.15) is 50.7 Å². The Morgan fingerprint density at radius 2 is 2.00 bits per heavy atom. The van der Waals surface area contributed by atoms with Crippen molar-refractivity contribution in [3.63, 3.8) is 0 Å². The molecule has 2 heterocycles. The Bertz CT molecular complexity index is 546. The number of hydrogen-bond acceptors (Lipinski definition) is 5. The van der Waals surface area contributed by atoms with E-state index < -0.39 is 0 Å². The van der Waals surface area contributed by atoms with Gasteiger partial charge in [0.1, 0.15) is 11.6 Å². The molecule has 0 aromatic carbocycles. The van der Waals surface area contributed by atoms with Gasteiger partial charge in [0, 0.05) is 26.2 Å². The highest BCUT2D eigenvalue weighted by atomic mass is 16.5. The quantitative estimate of drug-likeness (QED) is 0.755. The van der Waals surface area contributed by atoms with Crippen molar-refractivity contribution in [1.29, 1.82) is 0 Å². The highest BCUT2D eigenvalue weighted by Crippen LogP contribution is 2.26. The summed E-state index contributed by atoms with van der Waals surface area (Å²) in [5.74, 6) is 2.76. The van der Waals surface area contributed by atoms with Gasteiger partial charge in [-0.05, 0) is 45.7 Å². The molecule has 0 N–H and O–H groups in total. The lowest BCUT2D eigenvalue weighted by Crippen LogP contribution is -2.36. The van der Waals surface area contributed by atoms with Gasteiger partial charge in [0.05, 0.1) is 19.3 Å². The lowest BCUT2D eigenvalue weighted by molar-refractivity contribution is -0.0124. The predicted octanol–water partition coefficient (Wildman–Crippen LogP) is 2.22. The molecule has 0 bridgehead atoms. The van der Waals surface area contributed by atoms with Crippen LogP contribution in [0.5, 0.6) is 0 Å². The van der Waals surface area contributed by atoms with Gasteiger partial charge in [-0.25, -0.2) is 0 Å². The van der Waals surface area contributed by atoms with Crippen molar-refractivity contribution in [3.05, 3.63) is 11.6 Å². The molecule has 1 aliphatic heterocycles. The molecule has 142 valence electrons. The smallest absolute Gasteiger partial charge is 0.146 e. The van der Waals surface area contributed by atoms with Gasteiger partial charge in [0.25, 0.3) is 0 Å². The number of aromatic nitrogens is 3. The standard InChI is InChI=1S/C19H35N5O/c1-15-7-5-6-8-18(15)25-12-11-24-10-9-17(13-24)22(3)14-19-21-20-16(2)23(19)4/h15,17-18H,5-14H2,1-4H3/t15-,17-,18+/m1/s1. The molecule has 1 saturated heterocycles. The fourth-order valence-corrected chi connectivity index (χ4v) is 4.18. The number of aryl methyl sites for hydroxylation is 1. The molecular formula is C19H35N5O. The summed E-state index contributed by atoms with van der Waals surface area (Å²) in [6.07, 6.45) is 7.04. The van der Waals surface area contributed by atoms with Gasteiger partial charge in [0.2, 0.25) is 0 Å². The largest absolute Gasteiger partial charge is 0.377 e. The lowest BCUT2D eigenvalue weighted by Gasteiger charge is -2.29. The number of rotatable bonds is 7. The summed E-state index contributed by atoms with van der Waals surface area (Å²) in [6, 6.07) is 0.602. The Hall–Kier alpha value is -0.980. The van der Waals surface area contributed by atoms with Crippen LogP contribution in [0.25, 0.3) is 0 Å². The summed E-state index contributed by atoms with van der Waals surface area (Å²) < 4.78 is 8.28. The first-order valence-electron chi connectivity index (χ1n) is 9.93. The molecule has 3 atom stereocenters. The second-order valence-electron chi connectivity index (χ2n) is 8.05. The Kier molecular flexibility index (Phi) is 6.47. The third-order valence-electron chi connectivity index (χ3n) is 6.22. The van der Waals surface area contributed by atoms with Crippen LogP contribution in [0.4, 0.5) is 0 Å². The van der Waals surface area contributed by atoms with Crippen LogP contribution in [0, 0.1) is 12.8 Å². The molecule has 25 heavy (non-hydrogen) atoms. The Morgan fingerprint density at radius 3 is 2.72 bits per heavy atom. The molecule has 1 aromatic heterocycles. The van der Waals surface area contributed by atoms with E-state index in [0.717, 1.165) is 43.8 Å². The summed E-state index contributed by atoms with van der Waals surface area (Å²) in [6.45, 7) is 9.48. The highest BCUT2D eigenvalue weighted by molar-refractivity contribution is 4.94. The number of likely N-dealkylation sites (N-methyl/N-ethyl adjacent to an activating group) is 1. The van der Waals surface area contributed by atoms with E-state index in [0.29, 0.717) is 12.1 Å². The Balaban J connectivity index is 1.38. The number of hydrogen-bond donors (Lipinski definition) is 0. The van der Waals surface area contributed by atoms with Crippen LogP contribution in [-0.4, -0.2) is 70.0 Å². The third-order valence-corrected chi connectivity index (χ3v) is 6.22. The summed E-state index contributed by atoms with van der Waals surface area (Å²) in [7, 11) is 4.25. The lowest BCUT2D eigenvalue weighted by atomic mass is 9.88. The molecule has 0 unspecified atom stereocenters. The maximum Gasteiger partial charge on any atom is 0.146 e. The second kappa shape index (κ2) is 8.60. The SMILES string of the molecule is Cc1nnc(CN(C)[C@@H]2CCN(CCO[C@H]3CCCC[C@H]3C)C2)n1C. The van der Waals surface area contributed by atoms with Crippen molar-refractivity contribution in [3.8, 4) is 0 Å². The maximum atomic E-state index is 6.19.